The predicted octanol–water partition coefficient (Wildman–Crippen LogP) is 2.64. The van der Waals surface area contributed by atoms with Crippen molar-refractivity contribution in [1.29, 1.82) is 0 Å². The van der Waals surface area contributed by atoms with Gasteiger partial charge in [-0.25, -0.2) is 4.39 Å². The first-order valence-electron chi connectivity index (χ1n) is 6.24. The molecule has 0 spiro atoms. The van der Waals surface area contributed by atoms with E-state index in [4.69, 9.17) is 4.74 Å². The van der Waals surface area contributed by atoms with Gasteiger partial charge in [0.05, 0.1) is 17.6 Å². The third-order valence-corrected chi connectivity index (χ3v) is 2.44. The molecule has 0 unspecified atom stereocenters. The molecule has 0 aliphatic rings. The number of halogens is 1. The second-order valence-corrected chi connectivity index (χ2v) is 4.59. The summed E-state index contributed by atoms with van der Waals surface area (Å²) in [5.41, 5.74) is 0.226. The third-order valence-electron chi connectivity index (χ3n) is 2.44. The number of nitro groups is 1. The zero-order valence-corrected chi connectivity index (χ0v) is 11.2. The van der Waals surface area contributed by atoms with Gasteiger partial charge in [-0.3, -0.25) is 10.1 Å². The quantitative estimate of drug-likeness (QED) is 0.448. The lowest BCUT2D eigenvalue weighted by molar-refractivity contribution is -0.385. The molecule has 1 aromatic rings. The lowest BCUT2D eigenvalue weighted by Gasteiger charge is -2.08. The minimum absolute atomic E-state index is 0.181. The summed E-state index contributed by atoms with van der Waals surface area (Å²) in [4.78, 5) is 9.96. The molecule has 0 saturated carbocycles. The van der Waals surface area contributed by atoms with E-state index in [-0.39, 0.29) is 12.3 Å². The average molecular weight is 270 g/mol. The minimum atomic E-state index is -0.616. The fourth-order valence-electron chi connectivity index (χ4n) is 1.58. The van der Waals surface area contributed by atoms with Crippen molar-refractivity contribution >= 4 is 5.69 Å². The van der Waals surface area contributed by atoms with E-state index < -0.39 is 10.7 Å². The van der Waals surface area contributed by atoms with Gasteiger partial charge in [-0.1, -0.05) is 13.8 Å². The number of nitro benzene ring substituents is 1. The predicted molar refractivity (Wildman–Crippen MR) is 70.5 cm³/mol. The van der Waals surface area contributed by atoms with Gasteiger partial charge in [-0.2, -0.15) is 0 Å². The molecular formula is C13H19FN2O3. The zero-order chi connectivity index (χ0) is 14.3. The fraction of sp³-hybridized carbons (Fsp3) is 0.538. The molecule has 0 aliphatic carbocycles. The highest BCUT2D eigenvalue weighted by molar-refractivity contribution is 5.34. The van der Waals surface area contributed by atoms with Crippen LogP contribution in [0.15, 0.2) is 18.2 Å². The third kappa shape index (κ3) is 6.26. The number of hydrogen-bond donors (Lipinski definition) is 1. The zero-order valence-electron chi connectivity index (χ0n) is 11.2. The van der Waals surface area contributed by atoms with Crippen molar-refractivity contribution in [2.24, 2.45) is 0 Å². The van der Waals surface area contributed by atoms with Crippen molar-refractivity contribution in [1.82, 2.24) is 5.32 Å². The highest BCUT2D eigenvalue weighted by Crippen LogP contribution is 2.16. The summed E-state index contributed by atoms with van der Waals surface area (Å²) in [6.45, 7) is 5.69. The van der Waals surface area contributed by atoms with E-state index in [0.29, 0.717) is 18.2 Å². The molecule has 0 fully saturated rings. The first-order chi connectivity index (χ1) is 8.99. The normalized spacial score (nSPS) is 10.9. The molecule has 0 aliphatic heterocycles. The molecule has 0 radical (unpaired) electrons. The van der Waals surface area contributed by atoms with Crippen LogP contribution < -0.4 is 5.32 Å². The molecule has 0 atom stereocenters. The summed E-state index contributed by atoms with van der Waals surface area (Å²) in [5, 5.41) is 13.8. The van der Waals surface area contributed by atoms with Gasteiger partial charge in [0.15, 0.2) is 0 Å². The summed E-state index contributed by atoms with van der Waals surface area (Å²) in [7, 11) is 0. The Bertz CT molecular complexity index is 424. The lowest BCUT2D eigenvalue weighted by atomic mass is 10.2. The Morgan fingerprint density at radius 1 is 1.42 bits per heavy atom. The Labute approximate surface area is 111 Å². The minimum Gasteiger partial charge on any atom is -0.377 e. The van der Waals surface area contributed by atoms with Crippen LogP contribution in [0.25, 0.3) is 0 Å². The van der Waals surface area contributed by atoms with Crippen LogP contribution in [0, 0.1) is 15.9 Å². The maximum Gasteiger partial charge on any atom is 0.272 e. The van der Waals surface area contributed by atoms with Gasteiger partial charge in [-0.05, 0) is 24.6 Å². The molecule has 6 heteroatoms. The van der Waals surface area contributed by atoms with Gasteiger partial charge in [0.2, 0.25) is 0 Å². The highest BCUT2D eigenvalue weighted by Gasteiger charge is 2.09. The van der Waals surface area contributed by atoms with Crippen LogP contribution in [-0.2, 0) is 11.3 Å². The molecule has 1 rings (SSSR count). The summed E-state index contributed by atoms with van der Waals surface area (Å²) >= 11 is 0. The summed E-state index contributed by atoms with van der Waals surface area (Å²) in [6.07, 6.45) is 0.843. The molecule has 0 bridgehead atoms. The monoisotopic (exact) mass is 270 g/mol. The second-order valence-electron chi connectivity index (χ2n) is 4.59. The van der Waals surface area contributed by atoms with Crippen LogP contribution in [0.5, 0.6) is 0 Å². The number of rotatable bonds is 8. The van der Waals surface area contributed by atoms with Gasteiger partial charge in [0, 0.05) is 18.7 Å². The molecule has 0 amide bonds. The summed E-state index contributed by atoms with van der Waals surface area (Å²) in [6, 6.07) is 3.91. The maximum absolute atomic E-state index is 13.1. The van der Waals surface area contributed by atoms with Crippen molar-refractivity contribution in [3.05, 3.63) is 39.7 Å². The molecule has 0 saturated heterocycles. The first-order valence-corrected chi connectivity index (χ1v) is 6.24. The van der Waals surface area contributed by atoms with Gasteiger partial charge >= 0.3 is 0 Å². The summed E-state index contributed by atoms with van der Waals surface area (Å²) in [5.74, 6) is -0.616. The van der Waals surface area contributed by atoms with Crippen LogP contribution in [0.2, 0.25) is 0 Å². The van der Waals surface area contributed by atoms with Crippen LogP contribution in [0.3, 0.4) is 0 Å². The van der Waals surface area contributed by atoms with E-state index in [0.717, 1.165) is 19.0 Å². The molecule has 0 heterocycles. The molecular weight excluding hydrogens is 251 g/mol. The molecule has 0 aromatic heterocycles. The van der Waals surface area contributed by atoms with Crippen molar-refractivity contribution < 1.29 is 14.1 Å². The Morgan fingerprint density at radius 3 is 2.79 bits per heavy atom. The van der Waals surface area contributed by atoms with Crippen LogP contribution in [-0.4, -0.2) is 24.1 Å². The molecule has 5 nitrogen and oxygen atoms in total. The van der Waals surface area contributed by atoms with Gasteiger partial charge in [0.25, 0.3) is 5.69 Å². The standard InChI is InChI=1S/C13H19FN2O3/c1-10(2)15-4-3-5-19-9-11-6-12(14)8-13(7-11)16(17)18/h6-8,10,15H,3-5,9H2,1-2H3. The average Bonchev–Trinajstić information content (AvgIpc) is 2.32. The Morgan fingerprint density at radius 2 is 2.16 bits per heavy atom. The second kappa shape index (κ2) is 7.81. The molecule has 1 N–H and O–H groups in total. The van der Waals surface area contributed by atoms with E-state index >= 15 is 0 Å². The first kappa shape index (κ1) is 15.5. The van der Waals surface area contributed by atoms with Crippen molar-refractivity contribution in [3.8, 4) is 0 Å². The maximum atomic E-state index is 13.1. The number of non-ortho nitro benzene ring substituents is 1. The van der Waals surface area contributed by atoms with Crippen LogP contribution >= 0.6 is 0 Å². The Hall–Kier alpha value is -1.53. The van der Waals surface area contributed by atoms with Crippen LogP contribution in [0.4, 0.5) is 10.1 Å². The number of nitrogens with zero attached hydrogens (tertiary/aromatic N) is 1. The topological polar surface area (TPSA) is 64.4 Å². The number of ether oxygens (including phenoxy) is 1. The largest absolute Gasteiger partial charge is 0.377 e. The van der Waals surface area contributed by atoms with Crippen LogP contribution in [0.1, 0.15) is 25.8 Å². The number of benzene rings is 1. The van der Waals surface area contributed by atoms with Crippen molar-refractivity contribution in [2.45, 2.75) is 32.9 Å². The van der Waals surface area contributed by atoms with Crippen molar-refractivity contribution in [3.63, 3.8) is 0 Å². The van der Waals surface area contributed by atoms with Gasteiger partial charge < -0.3 is 10.1 Å². The smallest absolute Gasteiger partial charge is 0.272 e. The lowest BCUT2D eigenvalue weighted by Crippen LogP contribution is -2.24. The van der Waals surface area contributed by atoms with Gasteiger partial charge in [0.1, 0.15) is 5.82 Å². The van der Waals surface area contributed by atoms with Gasteiger partial charge in [-0.15, -0.1) is 0 Å². The molecule has 1 aromatic carbocycles. The Kier molecular flexibility index (Phi) is 6.38. The van der Waals surface area contributed by atoms with Crippen molar-refractivity contribution in [2.75, 3.05) is 13.2 Å². The van der Waals surface area contributed by atoms with E-state index in [1.165, 1.54) is 12.1 Å². The molecule has 106 valence electrons. The highest BCUT2D eigenvalue weighted by atomic mass is 19.1. The summed E-state index contributed by atoms with van der Waals surface area (Å²) < 4.78 is 18.5. The number of nitrogens with one attached hydrogen (secondary N) is 1. The van der Waals surface area contributed by atoms with E-state index in [2.05, 4.69) is 19.2 Å². The molecule has 19 heavy (non-hydrogen) atoms. The van der Waals surface area contributed by atoms with E-state index in [9.17, 15) is 14.5 Å². The Balaban J connectivity index is 2.35. The van der Waals surface area contributed by atoms with E-state index in [1.54, 1.807) is 0 Å². The number of hydrogen-bond acceptors (Lipinski definition) is 4. The fourth-order valence-corrected chi connectivity index (χ4v) is 1.58. The SMILES string of the molecule is CC(C)NCCCOCc1cc(F)cc([N+](=O)[O-])c1. The van der Waals surface area contributed by atoms with E-state index in [1.807, 2.05) is 0 Å².